The van der Waals surface area contributed by atoms with Gasteiger partial charge in [-0.1, -0.05) is 25.5 Å². The summed E-state index contributed by atoms with van der Waals surface area (Å²) in [5.74, 6) is 0.418. The van der Waals surface area contributed by atoms with Gasteiger partial charge in [-0.05, 0) is 54.8 Å². The van der Waals surface area contributed by atoms with Crippen LogP contribution in [0.25, 0.3) is 0 Å². The predicted octanol–water partition coefficient (Wildman–Crippen LogP) is 4.84. The average Bonchev–Trinajstić information content (AvgIpc) is 2.73. The Labute approximate surface area is 160 Å². The quantitative estimate of drug-likeness (QED) is 0.655. The number of amides is 1. The van der Waals surface area contributed by atoms with Crippen molar-refractivity contribution in [3.05, 3.63) is 78.2 Å². The summed E-state index contributed by atoms with van der Waals surface area (Å²) in [5.41, 5.74) is 3.50. The van der Waals surface area contributed by atoms with Gasteiger partial charge in [-0.2, -0.15) is 0 Å². The predicted molar refractivity (Wildman–Crippen MR) is 110 cm³/mol. The summed E-state index contributed by atoms with van der Waals surface area (Å²) in [6.45, 7) is 2.18. The monoisotopic (exact) mass is 360 g/mol. The molecule has 0 radical (unpaired) electrons. The second-order valence-electron chi connectivity index (χ2n) is 6.39. The number of rotatable bonds is 7. The molecule has 27 heavy (non-hydrogen) atoms. The third-order valence-corrected chi connectivity index (χ3v) is 4.43. The Kier molecular flexibility index (Phi) is 6.15. The minimum atomic E-state index is -0.180. The van der Waals surface area contributed by atoms with E-state index in [1.165, 1.54) is 18.4 Å². The molecule has 3 aromatic rings. The first-order valence-corrected chi connectivity index (χ1v) is 9.18. The van der Waals surface area contributed by atoms with Crippen molar-refractivity contribution in [1.82, 2.24) is 9.97 Å². The van der Waals surface area contributed by atoms with Gasteiger partial charge < -0.3 is 10.2 Å². The summed E-state index contributed by atoms with van der Waals surface area (Å²) in [7, 11) is 1.89. The molecule has 3 rings (SSSR count). The molecule has 0 aliphatic heterocycles. The second-order valence-corrected chi connectivity index (χ2v) is 6.39. The van der Waals surface area contributed by atoms with Crippen molar-refractivity contribution in [1.29, 1.82) is 0 Å². The highest BCUT2D eigenvalue weighted by molar-refractivity contribution is 6.07. The van der Waals surface area contributed by atoms with Crippen LogP contribution in [0.4, 0.5) is 17.2 Å². The Morgan fingerprint density at radius 1 is 1.04 bits per heavy atom. The van der Waals surface area contributed by atoms with Crippen LogP contribution in [0.2, 0.25) is 0 Å². The molecule has 1 aromatic carbocycles. The van der Waals surface area contributed by atoms with Crippen molar-refractivity contribution in [3.8, 4) is 0 Å². The Morgan fingerprint density at radius 3 is 2.48 bits per heavy atom. The van der Waals surface area contributed by atoms with Crippen LogP contribution in [-0.4, -0.2) is 22.9 Å². The summed E-state index contributed by atoms with van der Waals surface area (Å²) in [4.78, 5) is 23.2. The first-order chi connectivity index (χ1) is 13.2. The van der Waals surface area contributed by atoms with Crippen molar-refractivity contribution < 1.29 is 4.79 Å². The molecule has 0 spiro atoms. The summed E-state index contributed by atoms with van der Waals surface area (Å²) in [6.07, 6.45) is 8.53. The first-order valence-electron chi connectivity index (χ1n) is 9.18. The van der Waals surface area contributed by atoms with E-state index in [0.29, 0.717) is 11.4 Å². The maximum atomic E-state index is 12.8. The number of carbonyl (C=O) groups excluding carboxylic acids is 1. The Morgan fingerprint density at radius 2 is 1.78 bits per heavy atom. The van der Waals surface area contributed by atoms with E-state index in [2.05, 4.69) is 34.3 Å². The fourth-order valence-electron chi connectivity index (χ4n) is 2.87. The average molecular weight is 360 g/mol. The van der Waals surface area contributed by atoms with E-state index in [0.717, 1.165) is 17.8 Å². The molecule has 5 heteroatoms. The molecule has 0 atom stereocenters. The molecule has 0 saturated carbocycles. The van der Waals surface area contributed by atoms with Gasteiger partial charge in [0, 0.05) is 37.0 Å². The van der Waals surface area contributed by atoms with E-state index >= 15 is 0 Å². The summed E-state index contributed by atoms with van der Waals surface area (Å²) in [6, 6.07) is 15.3. The maximum absolute atomic E-state index is 12.8. The Hall–Kier alpha value is -3.21. The molecule has 1 amide bonds. The summed E-state index contributed by atoms with van der Waals surface area (Å²) < 4.78 is 0. The normalized spacial score (nSPS) is 10.4. The Balaban J connectivity index is 1.77. The van der Waals surface area contributed by atoms with Gasteiger partial charge in [0.05, 0.1) is 5.56 Å². The largest absolute Gasteiger partial charge is 0.329 e. The first kappa shape index (κ1) is 18.6. The third-order valence-electron chi connectivity index (χ3n) is 4.43. The van der Waals surface area contributed by atoms with Crippen LogP contribution < -0.4 is 10.2 Å². The van der Waals surface area contributed by atoms with Gasteiger partial charge in [0.15, 0.2) is 0 Å². The minimum Gasteiger partial charge on any atom is -0.329 e. The van der Waals surface area contributed by atoms with Crippen LogP contribution in [0.3, 0.4) is 0 Å². The van der Waals surface area contributed by atoms with E-state index in [-0.39, 0.29) is 5.91 Å². The van der Waals surface area contributed by atoms with E-state index < -0.39 is 0 Å². The van der Waals surface area contributed by atoms with Gasteiger partial charge in [-0.3, -0.25) is 9.78 Å². The number of aromatic nitrogens is 2. The third kappa shape index (κ3) is 4.70. The number of hydrogen-bond acceptors (Lipinski definition) is 4. The van der Waals surface area contributed by atoms with Crippen LogP contribution in [0.1, 0.15) is 35.7 Å². The van der Waals surface area contributed by atoms with Crippen molar-refractivity contribution in [3.63, 3.8) is 0 Å². The summed E-state index contributed by atoms with van der Waals surface area (Å²) in [5, 5.41) is 2.97. The lowest BCUT2D eigenvalue weighted by atomic mass is 10.1. The van der Waals surface area contributed by atoms with Crippen molar-refractivity contribution in [2.45, 2.75) is 26.2 Å². The lowest BCUT2D eigenvalue weighted by Crippen LogP contribution is -2.19. The fraction of sp³-hybridized carbons (Fsp3) is 0.227. The zero-order valence-corrected chi connectivity index (χ0v) is 15.7. The lowest BCUT2D eigenvalue weighted by molar-refractivity contribution is 0.102. The van der Waals surface area contributed by atoms with Crippen LogP contribution in [0.15, 0.2) is 67.1 Å². The molecule has 2 aromatic heterocycles. The number of benzene rings is 1. The molecule has 1 N–H and O–H groups in total. The highest BCUT2D eigenvalue weighted by Crippen LogP contribution is 2.25. The van der Waals surface area contributed by atoms with E-state index in [9.17, 15) is 4.79 Å². The highest BCUT2D eigenvalue weighted by atomic mass is 16.1. The minimum absolute atomic E-state index is 0.180. The number of nitrogens with one attached hydrogen (secondary N) is 1. The molecule has 0 aliphatic rings. The number of carbonyl (C=O) groups is 1. The van der Waals surface area contributed by atoms with Gasteiger partial charge >= 0.3 is 0 Å². The van der Waals surface area contributed by atoms with E-state index in [1.807, 2.05) is 36.2 Å². The maximum Gasteiger partial charge on any atom is 0.259 e. The molecular formula is C22H24N4O. The smallest absolute Gasteiger partial charge is 0.259 e. The van der Waals surface area contributed by atoms with Gasteiger partial charge in [0.2, 0.25) is 0 Å². The fourth-order valence-corrected chi connectivity index (χ4v) is 2.87. The van der Waals surface area contributed by atoms with Crippen LogP contribution >= 0.6 is 0 Å². The van der Waals surface area contributed by atoms with Crippen LogP contribution in [0.5, 0.6) is 0 Å². The van der Waals surface area contributed by atoms with E-state index in [4.69, 9.17) is 0 Å². The van der Waals surface area contributed by atoms with E-state index in [1.54, 1.807) is 30.7 Å². The van der Waals surface area contributed by atoms with Crippen LogP contribution in [-0.2, 0) is 6.42 Å². The van der Waals surface area contributed by atoms with Gasteiger partial charge in [-0.25, -0.2) is 4.98 Å². The number of anilines is 3. The highest BCUT2D eigenvalue weighted by Gasteiger charge is 2.16. The topological polar surface area (TPSA) is 58.1 Å². The Bertz CT molecular complexity index is 878. The second kappa shape index (κ2) is 8.94. The van der Waals surface area contributed by atoms with Gasteiger partial charge in [0.1, 0.15) is 5.82 Å². The molecule has 0 unspecified atom stereocenters. The summed E-state index contributed by atoms with van der Waals surface area (Å²) >= 11 is 0. The molecule has 0 saturated heterocycles. The van der Waals surface area contributed by atoms with Gasteiger partial charge in [-0.15, -0.1) is 0 Å². The molecule has 0 aliphatic carbocycles. The zero-order chi connectivity index (χ0) is 19.1. The standard InChI is InChI=1S/C22H24N4O/c1-3-4-6-17-8-10-18(11-9-17)25-22(27)20-7-5-14-24-21(20)26(2)19-12-15-23-16-13-19/h5,7-16H,3-4,6H2,1-2H3,(H,25,27). The number of nitrogens with zero attached hydrogens (tertiary/aromatic N) is 3. The number of pyridine rings is 2. The van der Waals surface area contributed by atoms with Crippen molar-refractivity contribution >= 4 is 23.1 Å². The SMILES string of the molecule is CCCCc1ccc(NC(=O)c2cccnc2N(C)c2ccncc2)cc1. The number of hydrogen-bond donors (Lipinski definition) is 1. The van der Waals surface area contributed by atoms with Crippen LogP contribution in [0, 0.1) is 0 Å². The van der Waals surface area contributed by atoms with Gasteiger partial charge in [0.25, 0.3) is 5.91 Å². The number of unbranched alkanes of at least 4 members (excludes halogenated alkanes) is 1. The molecule has 5 nitrogen and oxygen atoms in total. The van der Waals surface area contributed by atoms with Crippen molar-refractivity contribution in [2.24, 2.45) is 0 Å². The molecule has 2 heterocycles. The molecule has 0 fully saturated rings. The number of aryl methyl sites for hydroxylation is 1. The lowest BCUT2D eigenvalue weighted by Gasteiger charge is -2.20. The zero-order valence-electron chi connectivity index (χ0n) is 15.7. The van der Waals surface area contributed by atoms with Crippen molar-refractivity contribution in [2.75, 3.05) is 17.3 Å². The molecular weight excluding hydrogens is 336 g/mol. The molecule has 0 bridgehead atoms. The molecule has 138 valence electrons.